The summed E-state index contributed by atoms with van der Waals surface area (Å²) in [7, 11) is 1.67. The Morgan fingerprint density at radius 2 is 2.06 bits per heavy atom. The van der Waals surface area contributed by atoms with Gasteiger partial charge in [0, 0.05) is 44.9 Å². The molecule has 2 aromatic rings. The van der Waals surface area contributed by atoms with Crippen LogP contribution in [0, 0.1) is 0 Å². The van der Waals surface area contributed by atoms with E-state index in [1.54, 1.807) is 7.11 Å². The van der Waals surface area contributed by atoms with Gasteiger partial charge < -0.3 is 25.0 Å². The number of anilines is 1. The summed E-state index contributed by atoms with van der Waals surface area (Å²) in [6, 6.07) is 8.96. The van der Waals surface area contributed by atoms with Crippen molar-refractivity contribution >= 4 is 11.6 Å². The van der Waals surface area contributed by atoms with Gasteiger partial charge in [-0.15, -0.1) is 0 Å². The monoisotopic (exact) mass is 427 g/mol. The fourth-order valence-corrected chi connectivity index (χ4v) is 3.99. The van der Waals surface area contributed by atoms with Crippen molar-refractivity contribution in [3.8, 4) is 0 Å². The predicted molar refractivity (Wildman–Crippen MR) is 120 cm³/mol. The van der Waals surface area contributed by atoms with Crippen LogP contribution >= 0.6 is 0 Å². The third kappa shape index (κ3) is 5.74. The Balaban J connectivity index is 1.34. The van der Waals surface area contributed by atoms with E-state index in [9.17, 15) is 0 Å². The van der Waals surface area contributed by atoms with Gasteiger partial charge in [-0.05, 0) is 31.0 Å². The lowest BCUT2D eigenvalue weighted by Gasteiger charge is -2.28. The maximum atomic E-state index is 5.44. The van der Waals surface area contributed by atoms with Crippen molar-refractivity contribution in [2.75, 3.05) is 44.9 Å². The van der Waals surface area contributed by atoms with E-state index in [2.05, 4.69) is 56.8 Å². The van der Waals surface area contributed by atoms with E-state index in [-0.39, 0.29) is 6.04 Å². The highest BCUT2D eigenvalue weighted by molar-refractivity contribution is 5.80. The predicted octanol–water partition coefficient (Wildman–Crippen LogP) is 1.33. The number of benzene rings is 1. The van der Waals surface area contributed by atoms with E-state index in [1.165, 1.54) is 11.3 Å². The van der Waals surface area contributed by atoms with Crippen LogP contribution in [0.2, 0.25) is 0 Å². The van der Waals surface area contributed by atoms with Crippen LogP contribution in [0.15, 0.2) is 29.3 Å². The van der Waals surface area contributed by atoms with Gasteiger partial charge in [0.1, 0.15) is 12.4 Å². The standard InChI is InChI=1S/C22H33N7O2/c1-3-23-22(25-18-6-9-21-26-20(16-30-2)27-29(21)15-18)24-14-17-4-7-19(8-5-17)28-10-12-31-13-11-28/h4-5,7-8,18H,3,6,9-16H2,1-2H3,(H2,23,24,25). The molecule has 2 aliphatic rings. The van der Waals surface area contributed by atoms with Gasteiger partial charge in [0.2, 0.25) is 0 Å². The quantitative estimate of drug-likeness (QED) is 0.509. The van der Waals surface area contributed by atoms with Gasteiger partial charge in [-0.25, -0.2) is 14.7 Å². The Morgan fingerprint density at radius 3 is 2.81 bits per heavy atom. The van der Waals surface area contributed by atoms with Crippen molar-refractivity contribution in [2.45, 2.75) is 45.5 Å². The number of hydrogen-bond acceptors (Lipinski definition) is 6. The lowest BCUT2D eigenvalue weighted by atomic mass is 10.1. The van der Waals surface area contributed by atoms with Crippen molar-refractivity contribution in [2.24, 2.45) is 4.99 Å². The Bertz CT molecular complexity index is 859. The average Bonchev–Trinajstić information content (AvgIpc) is 3.20. The van der Waals surface area contributed by atoms with Gasteiger partial charge in [0.05, 0.1) is 26.3 Å². The second-order valence-electron chi connectivity index (χ2n) is 7.90. The third-order valence-electron chi connectivity index (χ3n) is 5.59. The minimum atomic E-state index is 0.270. The lowest BCUT2D eigenvalue weighted by molar-refractivity contribution is 0.122. The van der Waals surface area contributed by atoms with Crippen LogP contribution in [0.3, 0.4) is 0 Å². The molecule has 0 radical (unpaired) electrons. The molecule has 3 heterocycles. The summed E-state index contributed by atoms with van der Waals surface area (Å²) >= 11 is 0. The highest BCUT2D eigenvalue weighted by Crippen LogP contribution is 2.17. The minimum absolute atomic E-state index is 0.270. The number of aryl methyl sites for hydroxylation is 1. The number of aliphatic imine (C=N–C) groups is 1. The van der Waals surface area contributed by atoms with E-state index in [0.29, 0.717) is 13.2 Å². The third-order valence-corrected chi connectivity index (χ3v) is 5.59. The molecule has 2 aliphatic heterocycles. The Hall–Kier alpha value is -2.65. The number of methoxy groups -OCH3 is 1. The van der Waals surface area contributed by atoms with Crippen molar-refractivity contribution in [1.82, 2.24) is 25.4 Å². The van der Waals surface area contributed by atoms with Crippen LogP contribution < -0.4 is 15.5 Å². The molecule has 0 saturated carbocycles. The van der Waals surface area contributed by atoms with E-state index in [0.717, 1.165) is 69.8 Å². The van der Waals surface area contributed by atoms with Gasteiger partial charge in [-0.2, -0.15) is 5.10 Å². The molecule has 1 aromatic heterocycles. The average molecular weight is 428 g/mol. The molecule has 9 heteroatoms. The van der Waals surface area contributed by atoms with Gasteiger partial charge in [0.15, 0.2) is 11.8 Å². The van der Waals surface area contributed by atoms with E-state index in [4.69, 9.17) is 14.5 Å². The summed E-state index contributed by atoms with van der Waals surface area (Å²) in [6.45, 7) is 8.28. The molecule has 4 rings (SSSR count). The molecule has 2 N–H and O–H groups in total. The smallest absolute Gasteiger partial charge is 0.191 e. The number of nitrogens with one attached hydrogen (secondary N) is 2. The maximum absolute atomic E-state index is 5.44. The molecule has 0 spiro atoms. The highest BCUT2D eigenvalue weighted by atomic mass is 16.5. The molecular weight excluding hydrogens is 394 g/mol. The van der Waals surface area contributed by atoms with Crippen LogP contribution in [0.1, 0.15) is 30.6 Å². The molecule has 1 aromatic carbocycles. The first-order valence-electron chi connectivity index (χ1n) is 11.1. The number of morpholine rings is 1. The number of hydrogen-bond donors (Lipinski definition) is 2. The van der Waals surface area contributed by atoms with Crippen LogP contribution in [0.25, 0.3) is 0 Å². The summed E-state index contributed by atoms with van der Waals surface area (Å²) in [6.07, 6.45) is 1.90. The Kier molecular flexibility index (Phi) is 7.37. The topological polar surface area (TPSA) is 88.8 Å². The summed E-state index contributed by atoms with van der Waals surface area (Å²) < 4.78 is 12.6. The molecule has 168 valence electrons. The molecule has 1 unspecified atom stereocenters. The molecule has 0 amide bonds. The van der Waals surface area contributed by atoms with E-state index in [1.807, 2.05) is 4.68 Å². The maximum Gasteiger partial charge on any atom is 0.191 e. The summed E-state index contributed by atoms with van der Waals surface area (Å²) in [5.41, 5.74) is 2.44. The Morgan fingerprint density at radius 1 is 1.26 bits per heavy atom. The molecular formula is C22H33N7O2. The first-order chi connectivity index (χ1) is 15.2. The highest BCUT2D eigenvalue weighted by Gasteiger charge is 2.22. The number of aromatic nitrogens is 3. The van der Waals surface area contributed by atoms with Gasteiger partial charge in [0.25, 0.3) is 0 Å². The molecule has 0 bridgehead atoms. The number of rotatable bonds is 7. The number of nitrogens with zero attached hydrogens (tertiary/aromatic N) is 5. The zero-order valence-electron chi connectivity index (χ0n) is 18.5. The van der Waals surface area contributed by atoms with Crippen molar-refractivity contribution in [1.29, 1.82) is 0 Å². The van der Waals surface area contributed by atoms with Crippen molar-refractivity contribution in [3.63, 3.8) is 0 Å². The van der Waals surface area contributed by atoms with Crippen LogP contribution in [-0.4, -0.2) is 66.7 Å². The fourth-order valence-electron chi connectivity index (χ4n) is 3.99. The van der Waals surface area contributed by atoms with Crippen LogP contribution in [0.5, 0.6) is 0 Å². The van der Waals surface area contributed by atoms with Crippen LogP contribution in [0.4, 0.5) is 5.69 Å². The number of guanidine groups is 1. The molecule has 1 saturated heterocycles. The fraction of sp³-hybridized carbons (Fsp3) is 0.591. The molecule has 1 fully saturated rings. The molecule has 1 atom stereocenters. The largest absolute Gasteiger partial charge is 0.378 e. The normalized spacial score (nSPS) is 19.2. The lowest BCUT2D eigenvalue weighted by Crippen LogP contribution is -2.47. The van der Waals surface area contributed by atoms with E-state index < -0.39 is 0 Å². The zero-order chi connectivity index (χ0) is 21.5. The minimum Gasteiger partial charge on any atom is -0.378 e. The zero-order valence-corrected chi connectivity index (χ0v) is 18.5. The molecule has 9 nitrogen and oxygen atoms in total. The molecule has 0 aliphatic carbocycles. The number of fused-ring (bicyclic) bond motifs is 1. The van der Waals surface area contributed by atoms with Gasteiger partial charge in [-0.1, -0.05) is 12.1 Å². The SMILES string of the molecule is CCNC(=NCc1ccc(N2CCOCC2)cc1)NC1CCc2nc(COC)nn2C1. The summed E-state index contributed by atoms with van der Waals surface area (Å²) in [4.78, 5) is 11.7. The van der Waals surface area contributed by atoms with Gasteiger partial charge >= 0.3 is 0 Å². The van der Waals surface area contributed by atoms with Crippen molar-refractivity contribution in [3.05, 3.63) is 41.5 Å². The van der Waals surface area contributed by atoms with E-state index >= 15 is 0 Å². The molecule has 31 heavy (non-hydrogen) atoms. The first-order valence-corrected chi connectivity index (χ1v) is 11.1. The second-order valence-corrected chi connectivity index (χ2v) is 7.90. The second kappa shape index (κ2) is 10.6. The summed E-state index contributed by atoms with van der Waals surface area (Å²) in [5, 5.41) is 11.5. The Labute approximate surface area is 183 Å². The van der Waals surface area contributed by atoms with Crippen LogP contribution in [-0.2, 0) is 35.6 Å². The van der Waals surface area contributed by atoms with Crippen molar-refractivity contribution < 1.29 is 9.47 Å². The summed E-state index contributed by atoms with van der Waals surface area (Å²) in [5.74, 6) is 2.62. The van der Waals surface area contributed by atoms with Gasteiger partial charge in [-0.3, -0.25) is 0 Å². The first kappa shape index (κ1) is 21.6. The number of ether oxygens (including phenoxy) is 2.